The van der Waals surface area contributed by atoms with Gasteiger partial charge in [0.25, 0.3) is 0 Å². The zero-order valence-corrected chi connectivity index (χ0v) is 8.13. The summed E-state index contributed by atoms with van der Waals surface area (Å²) in [7, 11) is 0. The van der Waals surface area contributed by atoms with Gasteiger partial charge in [-0.1, -0.05) is 0 Å². The van der Waals surface area contributed by atoms with Crippen molar-refractivity contribution in [3.8, 4) is 0 Å². The van der Waals surface area contributed by atoms with Crippen molar-refractivity contribution in [2.75, 3.05) is 0 Å². The number of ether oxygens (including phenoxy) is 1. The van der Waals surface area contributed by atoms with E-state index in [2.05, 4.69) is 6.92 Å². The van der Waals surface area contributed by atoms with Crippen LogP contribution in [0.25, 0.3) is 0 Å². The van der Waals surface area contributed by atoms with E-state index in [9.17, 15) is 5.11 Å². The zero-order valence-electron chi connectivity index (χ0n) is 8.13. The van der Waals surface area contributed by atoms with E-state index >= 15 is 0 Å². The molecule has 0 aromatic heterocycles. The van der Waals surface area contributed by atoms with Crippen LogP contribution in [-0.2, 0) is 4.74 Å². The van der Waals surface area contributed by atoms with Gasteiger partial charge in [0.15, 0.2) is 0 Å². The van der Waals surface area contributed by atoms with E-state index in [0.29, 0.717) is 12.0 Å². The summed E-state index contributed by atoms with van der Waals surface area (Å²) in [5, 5.41) is 9.81. The van der Waals surface area contributed by atoms with Crippen LogP contribution in [-0.4, -0.2) is 22.4 Å². The van der Waals surface area contributed by atoms with Crippen molar-refractivity contribution in [3.05, 3.63) is 0 Å². The summed E-state index contributed by atoms with van der Waals surface area (Å²) < 4.78 is 5.58. The molecule has 1 saturated carbocycles. The average Bonchev–Trinajstić information content (AvgIpc) is 2.56. The Hall–Kier alpha value is -0.0800. The molecular formula is C10H18O2. The molecule has 2 aliphatic rings. The lowest BCUT2D eigenvalue weighted by Crippen LogP contribution is -2.36. The topological polar surface area (TPSA) is 32.8 Å². The molecule has 1 heterocycles. The molecule has 2 rings (SSSR count). The highest BCUT2D eigenvalue weighted by molar-refractivity contribution is 5.05. The Labute approximate surface area is 73.9 Å². The second-order valence-corrected chi connectivity index (χ2v) is 5.04. The van der Waals surface area contributed by atoms with Crippen LogP contribution in [0.5, 0.6) is 0 Å². The predicted octanol–water partition coefficient (Wildman–Crippen LogP) is 1.71. The van der Waals surface area contributed by atoms with Crippen LogP contribution in [0.2, 0.25) is 0 Å². The summed E-state index contributed by atoms with van der Waals surface area (Å²) in [6.45, 7) is 5.99. The van der Waals surface area contributed by atoms with Crippen molar-refractivity contribution in [2.24, 2.45) is 5.92 Å². The van der Waals surface area contributed by atoms with Crippen LogP contribution in [0.4, 0.5) is 0 Å². The molecule has 0 aromatic carbocycles. The first-order valence-corrected chi connectivity index (χ1v) is 4.82. The van der Waals surface area contributed by atoms with Crippen LogP contribution < -0.4 is 0 Å². The van der Waals surface area contributed by atoms with Crippen molar-refractivity contribution in [2.45, 2.75) is 57.3 Å². The molecule has 1 aliphatic carbocycles. The van der Waals surface area contributed by atoms with Crippen molar-refractivity contribution >= 4 is 0 Å². The van der Waals surface area contributed by atoms with E-state index < -0.39 is 5.60 Å². The largest absolute Gasteiger partial charge is 0.390 e. The number of hydrogen-bond donors (Lipinski definition) is 1. The SMILES string of the molecule is CC(C)(O)[C@@H]1CC[C@@]2(C)OC2C1. The maximum Gasteiger partial charge on any atom is 0.0920 e. The van der Waals surface area contributed by atoms with Gasteiger partial charge in [-0.3, -0.25) is 0 Å². The summed E-state index contributed by atoms with van der Waals surface area (Å²) in [4.78, 5) is 0. The van der Waals surface area contributed by atoms with Crippen molar-refractivity contribution < 1.29 is 9.84 Å². The zero-order chi connectivity index (χ0) is 8.98. The monoisotopic (exact) mass is 170 g/mol. The van der Waals surface area contributed by atoms with Crippen LogP contribution >= 0.6 is 0 Å². The molecule has 0 radical (unpaired) electrons. The number of epoxide rings is 1. The third-order valence-electron chi connectivity index (χ3n) is 3.52. The molecule has 70 valence electrons. The summed E-state index contributed by atoms with van der Waals surface area (Å²) >= 11 is 0. The Kier molecular flexibility index (Phi) is 1.59. The minimum atomic E-state index is -0.521. The Morgan fingerprint density at radius 1 is 1.50 bits per heavy atom. The maximum atomic E-state index is 9.81. The summed E-state index contributed by atoms with van der Waals surface area (Å²) in [6, 6.07) is 0. The molecule has 0 aromatic rings. The van der Waals surface area contributed by atoms with Crippen molar-refractivity contribution in [3.63, 3.8) is 0 Å². The second-order valence-electron chi connectivity index (χ2n) is 5.04. The summed E-state index contributed by atoms with van der Waals surface area (Å²) in [6.07, 6.45) is 3.70. The lowest BCUT2D eigenvalue weighted by molar-refractivity contribution is 0.00186. The van der Waals surface area contributed by atoms with Gasteiger partial charge in [-0.25, -0.2) is 0 Å². The molecule has 1 N–H and O–H groups in total. The fourth-order valence-corrected chi connectivity index (χ4v) is 2.29. The molecule has 2 heteroatoms. The van der Waals surface area contributed by atoms with Gasteiger partial charge in [0, 0.05) is 0 Å². The first kappa shape index (κ1) is 8.52. The van der Waals surface area contributed by atoms with E-state index in [4.69, 9.17) is 4.74 Å². The van der Waals surface area contributed by atoms with E-state index in [1.165, 1.54) is 0 Å². The van der Waals surface area contributed by atoms with Crippen LogP contribution in [0, 0.1) is 5.92 Å². The normalized spacial score (nSPS) is 47.0. The Bertz CT molecular complexity index is 195. The first-order chi connectivity index (χ1) is 5.42. The third-order valence-corrected chi connectivity index (χ3v) is 3.52. The van der Waals surface area contributed by atoms with Gasteiger partial charge in [-0.2, -0.15) is 0 Å². The molecule has 0 bridgehead atoms. The van der Waals surface area contributed by atoms with E-state index in [-0.39, 0.29) is 5.60 Å². The summed E-state index contributed by atoms with van der Waals surface area (Å²) in [5.41, 5.74) is -0.338. The highest BCUT2D eigenvalue weighted by Gasteiger charge is 2.56. The standard InChI is InChI=1S/C10H18O2/c1-9(2,11)7-4-5-10(3)8(6-7)12-10/h7-8,11H,4-6H2,1-3H3/t7-,8?,10-/m1/s1. The molecule has 1 unspecified atom stereocenters. The number of rotatable bonds is 1. The van der Waals surface area contributed by atoms with Crippen molar-refractivity contribution in [1.82, 2.24) is 0 Å². The molecular weight excluding hydrogens is 152 g/mol. The molecule has 0 amide bonds. The second kappa shape index (κ2) is 2.24. The smallest absolute Gasteiger partial charge is 0.0920 e. The quantitative estimate of drug-likeness (QED) is 0.608. The Morgan fingerprint density at radius 3 is 2.67 bits per heavy atom. The van der Waals surface area contributed by atoms with Gasteiger partial charge in [0.1, 0.15) is 0 Å². The minimum Gasteiger partial charge on any atom is -0.390 e. The van der Waals surface area contributed by atoms with E-state index in [1.54, 1.807) is 0 Å². The highest BCUT2D eigenvalue weighted by atomic mass is 16.6. The lowest BCUT2D eigenvalue weighted by atomic mass is 9.75. The van der Waals surface area contributed by atoms with Gasteiger partial charge in [0.05, 0.1) is 17.3 Å². The number of hydrogen-bond acceptors (Lipinski definition) is 2. The van der Waals surface area contributed by atoms with Gasteiger partial charge >= 0.3 is 0 Å². The van der Waals surface area contributed by atoms with E-state index in [0.717, 1.165) is 19.3 Å². The van der Waals surface area contributed by atoms with Gasteiger partial charge < -0.3 is 9.84 Å². The van der Waals surface area contributed by atoms with Crippen LogP contribution in [0.3, 0.4) is 0 Å². The third kappa shape index (κ3) is 1.27. The fourth-order valence-electron chi connectivity index (χ4n) is 2.29. The number of fused-ring (bicyclic) bond motifs is 1. The minimum absolute atomic E-state index is 0.182. The number of aliphatic hydroxyl groups is 1. The lowest BCUT2D eigenvalue weighted by Gasteiger charge is -2.32. The molecule has 1 aliphatic heterocycles. The maximum absolute atomic E-state index is 9.81. The first-order valence-electron chi connectivity index (χ1n) is 4.82. The highest BCUT2D eigenvalue weighted by Crippen LogP contribution is 2.51. The predicted molar refractivity (Wildman–Crippen MR) is 46.9 cm³/mol. The van der Waals surface area contributed by atoms with Crippen LogP contribution in [0.1, 0.15) is 40.0 Å². The molecule has 1 saturated heterocycles. The fraction of sp³-hybridized carbons (Fsp3) is 1.00. The van der Waals surface area contributed by atoms with E-state index in [1.807, 2.05) is 13.8 Å². The average molecular weight is 170 g/mol. The van der Waals surface area contributed by atoms with Gasteiger partial charge in [0.2, 0.25) is 0 Å². The van der Waals surface area contributed by atoms with Crippen molar-refractivity contribution in [1.29, 1.82) is 0 Å². The van der Waals surface area contributed by atoms with Gasteiger partial charge in [-0.15, -0.1) is 0 Å². The van der Waals surface area contributed by atoms with Crippen LogP contribution in [0.15, 0.2) is 0 Å². The molecule has 0 spiro atoms. The molecule has 2 nitrogen and oxygen atoms in total. The molecule has 3 atom stereocenters. The molecule has 12 heavy (non-hydrogen) atoms. The Balaban J connectivity index is 1.98. The Morgan fingerprint density at radius 2 is 2.17 bits per heavy atom. The molecule has 2 fully saturated rings. The van der Waals surface area contributed by atoms with Gasteiger partial charge in [-0.05, 0) is 46.0 Å². The summed E-state index contributed by atoms with van der Waals surface area (Å²) in [5.74, 6) is 0.429.